The van der Waals surface area contributed by atoms with Gasteiger partial charge >= 0.3 is 0 Å². The van der Waals surface area contributed by atoms with E-state index < -0.39 is 34.3 Å². The number of benzene rings is 1. The number of hydrogen-bond donors (Lipinski definition) is 2. The second-order valence-electron chi connectivity index (χ2n) is 4.21. The average Bonchev–Trinajstić information content (AvgIpc) is 2.47. The molecule has 2 rings (SSSR count). The van der Waals surface area contributed by atoms with Gasteiger partial charge in [0.15, 0.2) is 22.6 Å². The molecular weight excluding hydrogens is 319 g/mol. The fourth-order valence-corrected chi connectivity index (χ4v) is 2.27. The lowest BCUT2D eigenvalue weighted by molar-refractivity contribution is -0.115. The highest BCUT2D eigenvalue weighted by Gasteiger charge is 2.19. The number of nitrogens with zero attached hydrogens (tertiary/aromatic N) is 1. The van der Waals surface area contributed by atoms with Crippen LogP contribution >= 0.6 is 11.8 Å². The molecule has 2 N–H and O–H groups in total. The van der Waals surface area contributed by atoms with Gasteiger partial charge in [0.2, 0.25) is 5.91 Å². The van der Waals surface area contributed by atoms with E-state index >= 15 is 0 Å². The van der Waals surface area contributed by atoms with Gasteiger partial charge in [-0.25, -0.2) is 18.2 Å². The standard InChI is InChI=1S/C13H10F3N3O2S/c1-6(22-13-17-5-4-9(20)19-13)12(21)18-8-3-2-7(14)10(15)11(8)16/h2-6H,1H3,(H,18,21)(H,17,19,20)/t6-/m1/s1. The Morgan fingerprint density at radius 1 is 1.27 bits per heavy atom. The van der Waals surface area contributed by atoms with Gasteiger partial charge in [-0.1, -0.05) is 11.8 Å². The van der Waals surface area contributed by atoms with Crippen molar-refractivity contribution in [3.63, 3.8) is 0 Å². The first-order chi connectivity index (χ1) is 10.4. The molecule has 9 heteroatoms. The SMILES string of the molecule is C[C@@H](Sc1nccc(=O)[nH]1)C(=O)Nc1ccc(F)c(F)c1F. The minimum Gasteiger partial charge on any atom is -0.323 e. The second kappa shape index (κ2) is 6.65. The molecule has 1 heterocycles. The van der Waals surface area contributed by atoms with Crippen molar-refractivity contribution in [2.45, 2.75) is 17.3 Å². The second-order valence-corrected chi connectivity index (χ2v) is 5.54. The zero-order valence-corrected chi connectivity index (χ0v) is 12.0. The maximum atomic E-state index is 13.5. The first-order valence-electron chi connectivity index (χ1n) is 6.05. The van der Waals surface area contributed by atoms with E-state index in [1.165, 1.54) is 19.2 Å². The molecule has 0 saturated heterocycles. The van der Waals surface area contributed by atoms with Gasteiger partial charge < -0.3 is 10.3 Å². The predicted octanol–water partition coefficient (Wildman–Crippen LogP) is 2.31. The molecule has 0 radical (unpaired) electrons. The number of hydrogen-bond acceptors (Lipinski definition) is 4. The Labute approximate surface area is 127 Å². The number of nitrogens with one attached hydrogen (secondary N) is 2. The number of aromatic amines is 1. The summed E-state index contributed by atoms with van der Waals surface area (Å²) in [4.78, 5) is 29.3. The summed E-state index contributed by atoms with van der Waals surface area (Å²) < 4.78 is 39.4. The van der Waals surface area contributed by atoms with Gasteiger partial charge in [-0.05, 0) is 19.1 Å². The zero-order valence-electron chi connectivity index (χ0n) is 11.2. The lowest BCUT2D eigenvalue weighted by Crippen LogP contribution is -2.24. The highest BCUT2D eigenvalue weighted by atomic mass is 32.2. The van der Waals surface area contributed by atoms with Crippen LogP contribution in [-0.4, -0.2) is 21.1 Å². The average molecular weight is 329 g/mol. The van der Waals surface area contributed by atoms with Crippen LogP contribution < -0.4 is 10.9 Å². The summed E-state index contributed by atoms with van der Waals surface area (Å²) in [7, 11) is 0. The van der Waals surface area contributed by atoms with Crippen LogP contribution in [0.5, 0.6) is 0 Å². The zero-order chi connectivity index (χ0) is 16.3. The van der Waals surface area contributed by atoms with Gasteiger partial charge in [-0.15, -0.1) is 0 Å². The monoisotopic (exact) mass is 329 g/mol. The fourth-order valence-electron chi connectivity index (χ4n) is 1.49. The van der Waals surface area contributed by atoms with Crippen LogP contribution in [0.1, 0.15) is 6.92 Å². The molecule has 22 heavy (non-hydrogen) atoms. The third kappa shape index (κ3) is 3.67. The van der Waals surface area contributed by atoms with Crippen LogP contribution in [0.2, 0.25) is 0 Å². The van der Waals surface area contributed by atoms with Gasteiger partial charge in [0, 0.05) is 12.3 Å². The molecule has 1 atom stereocenters. The summed E-state index contributed by atoms with van der Waals surface area (Å²) in [6, 6.07) is 2.85. The van der Waals surface area contributed by atoms with E-state index in [-0.39, 0.29) is 10.7 Å². The summed E-state index contributed by atoms with van der Waals surface area (Å²) in [6.07, 6.45) is 1.28. The topological polar surface area (TPSA) is 74.8 Å². The molecule has 0 aliphatic rings. The lowest BCUT2D eigenvalue weighted by atomic mass is 10.2. The number of rotatable bonds is 4. The number of thioether (sulfide) groups is 1. The van der Waals surface area contributed by atoms with E-state index in [9.17, 15) is 22.8 Å². The molecule has 0 unspecified atom stereocenters. The van der Waals surface area contributed by atoms with Crippen LogP contribution in [0.15, 0.2) is 34.3 Å². The molecule has 1 amide bonds. The number of aromatic nitrogens is 2. The Hall–Kier alpha value is -2.29. The van der Waals surface area contributed by atoms with Crippen LogP contribution in [0.25, 0.3) is 0 Å². The summed E-state index contributed by atoms with van der Waals surface area (Å²) >= 11 is 0.929. The maximum Gasteiger partial charge on any atom is 0.251 e. The Morgan fingerprint density at radius 3 is 2.68 bits per heavy atom. The number of anilines is 1. The number of H-pyrrole nitrogens is 1. The van der Waals surface area contributed by atoms with Crippen molar-refractivity contribution in [2.24, 2.45) is 0 Å². The normalized spacial score (nSPS) is 12.0. The van der Waals surface area contributed by atoms with Crippen LogP contribution in [0, 0.1) is 17.5 Å². The van der Waals surface area contributed by atoms with E-state index in [2.05, 4.69) is 15.3 Å². The molecule has 2 aromatic rings. The maximum absolute atomic E-state index is 13.5. The lowest BCUT2D eigenvalue weighted by Gasteiger charge is -2.12. The Balaban J connectivity index is 2.09. The van der Waals surface area contributed by atoms with E-state index in [1.54, 1.807) is 0 Å². The van der Waals surface area contributed by atoms with Crippen molar-refractivity contribution < 1.29 is 18.0 Å². The van der Waals surface area contributed by atoms with Gasteiger partial charge in [0.1, 0.15) is 0 Å². The summed E-state index contributed by atoms with van der Waals surface area (Å²) in [5, 5.41) is 1.61. The number of carbonyl (C=O) groups excluding carboxylic acids is 1. The van der Waals surface area contributed by atoms with Crippen LogP contribution in [-0.2, 0) is 4.79 Å². The van der Waals surface area contributed by atoms with Crippen LogP contribution in [0.4, 0.5) is 18.9 Å². The van der Waals surface area contributed by atoms with Gasteiger partial charge in [0.05, 0.1) is 10.9 Å². The van der Waals surface area contributed by atoms with Gasteiger partial charge in [0.25, 0.3) is 5.56 Å². The highest BCUT2D eigenvalue weighted by molar-refractivity contribution is 8.00. The first-order valence-corrected chi connectivity index (χ1v) is 6.93. The Kier molecular flexibility index (Phi) is 4.86. The number of carbonyl (C=O) groups is 1. The molecular formula is C13H10F3N3O2S. The van der Waals surface area contributed by atoms with E-state index in [0.29, 0.717) is 6.07 Å². The molecule has 0 spiro atoms. The number of halogens is 3. The van der Waals surface area contributed by atoms with Crippen molar-refractivity contribution in [1.82, 2.24) is 9.97 Å². The smallest absolute Gasteiger partial charge is 0.251 e. The largest absolute Gasteiger partial charge is 0.323 e. The third-order valence-electron chi connectivity index (χ3n) is 2.60. The molecule has 1 aromatic heterocycles. The van der Waals surface area contributed by atoms with Crippen molar-refractivity contribution >= 4 is 23.4 Å². The Morgan fingerprint density at radius 2 is 2.00 bits per heavy atom. The third-order valence-corrected chi connectivity index (χ3v) is 3.60. The summed E-state index contributed by atoms with van der Waals surface area (Å²) in [5.41, 5.74) is -0.845. The fraction of sp³-hybridized carbons (Fsp3) is 0.154. The van der Waals surface area contributed by atoms with E-state index in [1.807, 2.05) is 0 Å². The Bertz CT molecular complexity index is 766. The molecule has 0 aliphatic carbocycles. The predicted molar refractivity (Wildman–Crippen MR) is 75.1 cm³/mol. The molecule has 0 bridgehead atoms. The van der Waals surface area contributed by atoms with Crippen molar-refractivity contribution in [1.29, 1.82) is 0 Å². The van der Waals surface area contributed by atoms with E-state index in [4.69, 9.17) is 0 Å². The van der Waals surface area contributed by atoms with Crippen molar-refractivity contribution in [3.8, 4) is 0 Å². The summed E-state index contributed by atoms with van der Waals surface area (Å²) in [5.74, 6) is -5.13. The minimum atomic E-state index is -1.66. The van der Waals surface area contributed by atoms with Crippen molar-refractivity contribution in [3.05, 3.63) is 52.2 Å². The molecule has 5 nitrogen and oxygen atoms in total. The number of amides is 1. The minimum absolute atomic E-state index is 0.209. The molecule has 116 valence electrons. The van der Waals surface area contributed by atoms with Crippen molar-refractivity contribution in [2.75, 3.05) is 5.32 Å². The molecule has 0 saturated carbocycles. The molecule has 0 fully saturated rings. The van der Waals surface area contributed by atoms with Gasteiger partial charge in [-0.3, -0.25) is 9.59 Å². The van der Waals surface area contributed by atoms with Gasteiger partial charge in [-0.2, -0.15) is 0 Å². The quantitative estimate of drug-likeness (QED) is 0.513. The first kappa shape index (κ1) is 16.1. The van der Waals surface area contributed by atoms with Crippen LogP contribution in [0.3, 0.4) is 0 Å². The molecule has 1 aromatic carbocycles. The highest BCUT2D eigenvalue weighted by Crippen LogP contribution is 2.22. The molecule has 0 aliphatic heterocycles. The summed E-state index contributed by atoms with van der Waals surface area (Å²) in [6.45, 7) is 1.49. The van der Waals surface area contributed by atoms with E-state index in [0.717, 1.165) is 17.8 Å².